The van der Waals surface area contributed by atoms with Gasteiger partial charge in [0.25, 0.3) is 0 Å². The minimum absolute atomic E-state index is 0.140. The molecule has 2 aliphatic heterocycles. The second kappa shape index (κ2) is 5.83. The first-order chi connectivity index (χ1) is 10.1. The van der Waals surface area contributed by atoms with Gasteiger partial charge in [-0.3, -0.25) is 4.90 Å². The molecule has 21 heavy (non-hydrogen) atoms. The molecule has 116 valence electrons. The van der Waals surface area contributed by atoms with E-state index >= 15 is 0 Å². The molecule has 0 aromatic heterocycles. The van der Waals surface area contributed by atoms with E-state index in [1.807, 2.05) is 12.1 Å². The van der Waals surface area contributed by atoms with Crippen LogP contribution in [0.15, 0.2) is 18.2 Å². The van der Waals surface area contributed by atoms with Crippen LogP contribution in [-0.4, -0.2) is 55.1 Å². The molecule has 5 nitrogen and oxygen atoms in total. The zero-order chi connectivity index (χ0) is 14.9. The molecule has 2 aliphatic rings. The lowest BCUT2D eigenvalue weighted by molar-refractivity contribution is -0.149. The van der Waals surface area contributed by atoms with Crippen molar-refractivity contribution in [3.05, 3.63) is 23.8 Å². The van der Waals surface area contributed by atoms with Crippen LogP contribution in [0.3, 0.4) is 0 Å². The second-order valence-electron chi connectivity index (χ2n) is 6.09. The third-order valence-corrected chi connectivity index (χ3v) is 4.20. The summed E-state index contributed by atoms with van der Waals surface area (Å²) < 4.78 is 16.8. The number of hydrogen-bond donors (Lipinski definition) is 1. The lowest BCUT2D eigenvalue weighted by Gasteiger charge is -2.43. The molecule has 0 saturated carbocycles. The Labute approximate surface area is 125 Å². The zero-order valence-corrected chi connectivity index (χ0v) is 12.7. The first-order valence-electron chi connectivity index (χ1n) is 7.44. The number of aromatic hydroxyl groups is 1. The van der Waals surface area contributed by atoms with Crippen molar-refractivity contribution in [1.29, 1.82) is 0 Å². The lowest BCUT2D eigenvalue weighted by atomic mass is 9.99. The van der Waals surface area contributed by atoms with E-state index < -0.39 is 0 Å². The summed E-state index contributed by atoms with van der Waals surface area (Å²) in [4.78, 5) is 2.40. The summed E-state index contributed by atoms with van der Waals surface area (Å²) >= 11 is 0. The molecule has 0 amide bonds. The molecule has 1 aromatic carbocycles. The normalized spacial score (nSPS) is 29.9. The number of methoxy groups -OCH3 is 1. The molecule has 1 N–H and O–H groups in total. The molecule has 0 aliphatic carbocycles. The summed E-state index contributed by atoms with van der Waals surface area (Å²) in [5.74, 6) is 0.699. The van der Waals surface area contributed by atoms with Crippen molar-refractivity contribution < 1.29 is 19.3 Å². The van der Waals surface area contributed by atoms with E-state index in [1.165, 1.54) is 0 Å². The highest BCUT2D eigenvalue weighted by Crippen LogP contribution is 2.32. The molecule has 3 rings (SSSR count). The van der Waals surface area contributed by atoms with E-state index in [9.17, 15) is 5.11 Å². The fraction of sp³-hybridized carbons (Fsp3) is 0.625. The molecular formula is C16H23NO4. The van der Waals surface area contributed by atoms with Gasteiger partial charge in [-0.1, -0.05) is 6.07 Å². The Balaban J connectivity index is 1.71. The van der Waals surface area contributed by atoms with Gasteiger partial charge in [0, 0.05) is 32.7 Å². The van der Waals surface area contributed by atoms with E-state index in [-0.39, 0.29) is 17.5 Å². The predicted octanol–water partition coefficient (Wildman–Crippen LogP) is 1.78. The lowest BCUT2D eigenvalue weighted by Crippen LogP contribution is -2.55. The monoisotopic (exact) mass is 293 g/mol. The second-order valence-corrected chi connectivity index (χ2v) is 6.09. The summed E-state index contributed by atoms with van der Waals surface area (Å²) in [5.41, 5.74) is 0.992. The Morgan fingerprint density at radius 1 is 1.48 bits per heavy atom. The quantitative estimate of drug-likeness (QED) is 0.920. The van der Waals surface area contributed by atoms with Crippen LogP contribution in [0.4, 0.5) is 0 Å². The van der Waals surface area contributed by atoms with Crippen LogP contribution in [0, 0.1) is 0 Å². The summed E-state index contributed by atoms with van der Waals surface area (Å²) in [7, 11) is 1.57. The predicted molar refractivity (Wildman–Crippen MR) is 78.6 cm³/mol. The molecule has 2 saturated heterocycles. The minimum atomic E-state index is -0.140. The standard InChI is InChI=1S/C16H23NO4/c1-12-8-17(10-16(21-12)5-6-20-11-16)9-13-3-4-14(18)15(7-13)19-2/h3-4,7,12,18H,5-6,8-11H2,1-2H3/t12-,16-/m1/s1. The fourth-order valence-electron chi connectivity index (χ4n) is 3.34. The number of hydrogen-bond acceptors (Lipinski definition) is 5. The van der Waals surface area contributed by atoms with E-state index in [0.717, 1.165) is 38.2 Å². The third-order valence-electron chi connectivity index (χ3n) is 4.20. The van der Waals surface area contributed by atoms with Crippen LogP contribution < -0.4 is 4.74 Å². The van der Waals surface area contributed by atoms with Crippen molar-refractivity contribution in [3.8, 4) is 11.5 Å². The van der Waals surface area contributed by atoms with Crippen LogP contribution in [0.1, 0.15) is 18.9 Å². The SMILES string of the molecule is COc1cc(CN2C[C@@H](C)O[C@]3(CCOC3)C2)ccc1O. The molecule has 0 bridgehead atoms. The zero-order valence-electron chi connectivity index (χ0n) is 12.7. The van der Waals surface area contributed by atoms with Gasteiger partial charge in [-0.05, 0) is 24.6 Å². The maximum atomic E-state index is 9.68. The number of ether oxygens (including phenoxy) is 3. The smallest absolute Gasteiger partial charge is 0.160 e. The Bertz CT molecular complexity index is 499. The van der Waals surface area contributed by atoms with E-state index in [1.54, 1.807) is 13.2 Å². The molecule has 2 heterocycles. The number of benzene rings is 1. The largest absolute Gasteiger partial charge is 0.504 e. The number of rotatable bonds is 3. The van der Waals surface area contributed by atoms with Gasteiger partial charge in [0.15, 0.2) is 11.5 Å². The van der Waals surface area contributed by atoms with Crippen LogP contribution in [0.2, 0.25) is 0 Å². The van der Waals surface area contributed by atoms with Gasteiger partial charge in [0.05, 0.1) is 19.8 Å². The summed E-state index contributed by atoms with van der Waals surface area (Å²) in [5, 5.41) is 9.68. The Morgan fingerprint density at radius 3 is 3.05 bits per heavy atom. The highest BCUT2D eigenvalue weighted by Gasteiger charge is 2.42. The molecule has 0 radical (unpaired) electrons. The third kappa shape index (κ3) is 3.15. The maximum absolute atomic E-state index is 9.68. The maximum Gasteiger partial charge on any atom is 0.160 e. The summed E-state index contributed by atoms with van der Waals surface area (Å²) in [6.07, 6.45) is 1.17. The van der Waals surface area contributed by atoms with E-state index in [2.05, 4.69) is 11.8 Å². The minimum Gasteiger partial charge on any atom is -0.504 e. The average Bonchev–Trinajstić information content (AvgIpc) is 2.87. The number of phenols is 1. The molecule has 1 aromatic rings. The van der Waals surface area contributed by atoms with Gasteiger partial charge in [-0.2, -0.15) is 0 Å². The molecular weight excluding hydrogens is 270 g/mol. The summed E-state index contributed by atoms with van der Waals surface area (Å²) in [6, 6.07) is 5.52. The van der Waals surface area contributed by atoms with Crippen molar-refractivity contribution in [2.45, 2.75) is 31.6 Å². The molecule has 2 fully saturated rings. The van der Waals surface area contributed by atoms with E-state index in [0.29, 0.717) is 12.4 Å². The molecule has 2 atom stereocenters. The number of morpholine rings is 1. The first kappa shape index (κ1) is 14.6. The van der Waals surface area contributed by atoms with Gasteiger partial charge in [-0.25, -0.2) is 0 Å². The van der Waals surface area contributed by atoms with Crippen molar-refractivity contribution >= 4 is 0 Å². The van der Waals surface area contributed by atoms with Crippen LogP contribution >= 0.6 is 0 Å². The van der Waals surface area contributed by atoms with Gasteiger partial charge in [0.1, 0.15) is 5.60 Å². The van der Waals surface area contributed by atoms with Gasteiger partial charge in [0.2, 0.25) is 0 Å². The van der Waals surface area contributed by atoms with Gasteiger partial charge >= 0.3 is 0 Å². The molecule has 1 spiro atoms. The van der Waals surface area contributed by atoms with Crippen LogP contribution in [0.5, 0.6) is 11.5 Å². The number of phenolic OH excluding ortho intramolecular Hbond substituents is 1. The average molecular weight is 293 g/mol. The number of nitrogens with zero attached hydrogens (tertiary/aromatic N) is 1. The van der Waals surface area contributed by atoms with Crippen molar-refractivity contribution in [1.82, 2.24) is 4.90 Å². The first-order valence-corrected chi connectivity index (χ1v) is 7.44. The van der Waals surface area contributed by atoms with Gasteiger partial charge < -0.3 is 19.3 Å². The summed E-state index contributed by atoms with van der Waals surface area (Å²) in [6.45, 7) is 6.21. The molecule has 0 unspecified atom stereocenters. The Kier molecular flexibility index (Phi) is 4.06. The van der Waals surface area contributed by atoms with Crippen molar-refractivity contribution in [3.63, 3.8) is 0 Å². The fourth-order valence-corrected chi connectivity index (χ4v) is 3.34. The highest BCUT2D eigenvalue weighted by molar-refractivity contribution is 5.41. The van der Waals surface area contributed by atoms with Crippen molar-refractivity contribution in [2.75, 3.05) is 33.4 Å². The highest BCUT2D eigenvalue weighted by atomic mass is 16.6. The van der Waals surface area contributed by atoms with Crippen LogP contribution in [0.25, 0.3) is 0 Å². The van der Waals surface area contributed by atoms with Gasteiger partial charge in [-0.15, -0.1) is 0 Å². The molecule has 5 heteroatoms. The Morgan fingerprint density at radius 2 is 2.33 bits per heavy atom. The Hall–Kier alpha value is -1.30. The topological polar surface area (TPSA) is 51.2 Å². The van der Waals surface area contributed by atoms with Crippen LogP contribution in [-0.2, 0) is 16.0 Å². The van der Waals surface area contributed by atoms with Crippen molar-refractivity contribution in [2.24, 2.45) is 0 Å². The van der Waals surface area contributed by atoms with E-state index in [4.69, 9.17) is 14.2 Å².